The number of rotatable bonds is 2. The minimum Gasteiger partial charge on any atom is -0.437 e. The number of aromatic nitrogens is 1. The van der Waals surface area contributed by atoms with Crippen molar-refractivity contribution in [1.82, 2.24) is 4.98 Å². The molecule has 3 nitrogen and oxygen atoms in total. The Morgan fingerprint density at radius 1 is 1.18 bits per heavy atom. The Bertz CT molecular complexity index is 518. The van der Waals surface area contributed by atoms with E-state index in [1.165, 1.54) is 0 Å². The molecule has 0 aliphatic carbocycles. The summed E-state index contributed by atoms with van der Waals surface area (Å²) < 4.78 is 7.51. The Kier molecular flexibility index (Phi) is 3.69. The number of benzene rings is 1. The van der Waals surface area contributed by atoms with E-state index in [9.17, 15) is 0 Å². The lowest BCUT2D eigenvalue weighted by molar-refractivity contribution is 0.461. The van der Waals surface area contributed by atoms with Crippen LogP contribution in [0.15, 0.2) is 39.4 Å². The maximum atomic E-state index is 5.91. The molecule has 1 aromatic heterocycles. The number of anilines is 1. The standard InChI is InChI=1S/C12H10Br2N2O/c1-7-4-9(14)5-10(15)12(7)17-11-3-2-8(13)6-16-11/h2-6H,15H2,1H3. The highest BCUT2D eigenvalue weighted by atomic mass is 79.9. The Morgan fingerprint density at radius 3 is 2.53 bits per heavy atom. The fourth-order valence-electron chi connectivity index (χ4n) is 1.42. The lowest BCUT2D eigenvalue weighted by atomic mass is 10.2. The fourth-order valence-corrected chi connectivity index (χ4v) is 2.25. The maximum absolute atomic E-state index is 5.91. The minimum absolute atomic E-state index is 0.519. The van der Waals surface area contributed by atoms with Crippen LogP contribution in [0.25, 0.3) is 0 Å². The van der Waals surface area contributed by atoms with E-state index in [1.807, 2.05) is 19.1 Å². The maximum Gasteiger partial charge on any atom is 0.219 e. The SMILES string of the molecule is Cc1cc(Br)cc(N)c1Oc1ccc(Br)cn1. The van der Waals surface area contributed by atoms with E-state index in [4.69, 9.17) is 10.5 Å². The van der Waals surface area contributed by atoms with E-state index in [1.54, 1.807) is 18.3 Å². The molecular weight excluding hydrogens is 348 g/mol. The first kappa shape index (κ1) is 12.4. The lowest BCUT2D eigenvalue weighted by Crippen LogP contribution is -1.96. The molecule has 0 atom stereocenters. The Morgan fingerprint density at radius 2 is 1.94 bits per heavy atom. The number of halogens is 2. The summed E-state index contributed by atoms with van der Waals surface area (Å²) in [5.74, 6) is 1.16. The van der Waals surface area contributed by atoms with Gasteiger partial charge in [0.1, 0.15) is 0 Å². The van der Waals surface area contributed by atoms with Crippen molar-refractivity contribution in [2.24, 2.45) is 0 Å². The largest absolute Gasteiger partial charge is 0.437 e. The third-order valence-electron chi connectivity index (χ3n) is 2.18. The zero-order chi connectivity index (χ0) is 12.4. The van der Waals surface area contributed by atoms with Gasteiger partial charge in [-0.3, -0.25) is 0 Å². The molecule has 0 unspecified atom stereocenters. The van der Waals surface area contributed by atoms with E-state index < -0.39 is 0 Å². The predicted octanol–water partition coefficient (Wildman–Crippen LogP) is 4.29. The van der Waals surface area contributed by atoms with Crippen LogP contribution in [0.1, 0.15) is 5.56 Å². The van der Waals surface area contributed by atoms with Crippen LogP contribution in [0.4, 0.5) is 5.69 Å². The van der Waals surface area contributed by atoms with Gasteiger partial charge in [-0.25, -0.2) is 4.98 Å². The van der Waals surface area contributed by atoms with E-state index in [-0.39, 0.29) is 0 Å². The molecule has 1 heterocycles. The molecule has 5 heteroatoms. The second kappa shape index (κ2) is 5.06. The third-order valence-corrected chi connectivity index (χ3v) is 3.10. The summed E-state index contributed by atoms with van der Waals surface area (Å²) >= 11 is 6.71. The lowest BCUT2D eigenvalue weighted by Gasteiger charge is -2.11. The van der Waals surface area contributed by atoms with Crippen molar-refractivity contribution in [3.63, 3.8) is 0 Å². The smallest absolute Gasteiger partial charge is 0.219 e. The quantitative estimate of drug-likeness (QED) is 0.815. The normalized spacial score (nSPS) is 10.3. The molecule has 2 rings (SSSR count). The van der Waals surface area contributed by atoms with Crippen molar-refractivity contribution in [3.8, 4) is 11.6 Å². The van der Waals surface area contributed by atoms with Gasteiger partial charge in [0.25, 0.3) is 0 Å². The molecule has 0 bridgehead atoms. The van der Waals surface area contributed by atoms with Gasteiger partial charge in [0.15, 0.2) is 5.75 Å². The van der Waals surface area contributed by atoms with Gasteiger partial charge >= 0.3 is 0 Å². The topological polar surface area (TPSA) is 48.1 Å². The summed E-state index contributed by atoms with van der Waals surface area (Å²) in [5.41, 5.74) is 7.45. The molecule has 0 spiro atoms. The molecule has 0 saturated carbocycles. The van der Waals surface area contributed by atoms with Gasteiger partial charge in [-0.15, -0.1) is 0 Å². The molecule has 2 aromatic rings. The minimum atomic E-state index is 0.519. The molecule has 0 amide bonds. The summed E-state index contributed by atoms with van der Waals surface area (Å²) in [5, 5.41) is 0. The summed E-state index contributed by atoms with van der Waals surface area (Å²) in [6.45, 7) is 1.94. The zero-order valence-corrected chi connectivity index (χ0v) is 12.2. The van der Waals surface area contributed by atoms with Crippen molar-refractivity contribution in [3.05, 3.63) is 45.0 Å². The summed E-state index contributed by atoms with van der Waals surface area (Å²) in [4.78, 5) is 4.14. The highest BCUT2D eigenvalue weighted by Gasteiger charge is 2.08. The second-order valence-electron chi connectivity index (χ2n) is 3.56. The average molecular weight is 358 g/mol. The van der Waals surface area contributed by atoms with E-state index in [2.05, 4.69) is 36.8 Å². The van der Waals surface area contributed by atoms with Crippen molar-refractivity contribution in [1.29, 1.82) is 0 Å². The molecule has 0 aliphatic rings. The van der Waals surface area contributed by atoms with Gasteiger partial charge in [0.2, 0.25) is 5.88 Å². The van der Waals surface area contributed by atoms with Crippen LogP contribution in [0.5, 0.6) is 11.6 Å². The number of nitrogen functional groups attached to an aromatic ring is 1. The molecule has 0 radical (unpaired) electrons. The van der Waals surface area contributed by atoms with Crippen LogP contribution < -0.4 is 10.5 Å². The highest BCUT2D eigenvalue weighted by molar-refractivity contribution is 9.10. The fraction of sp³-hybridized carbons (Fsp3) is 0.0833. The first-order valence-corrected chi connectivity index (χ1v) is 6.50. The Labute approximate surface area is 116 Å². The van der Waals surface area contributed by atoms with Gasteiger partial charge in [-0.1, -0.05) is 15.9 Å². The molecule has 0 aliphatic heterocycles. The zero-order valence-electron chi connectivity index (χ0n) is 9.08. The predicted molar refractivity (Wildman–Crippen MR) is 75.3 cm³/mol. The first-order chi connectivity index (χ1) is 8.06. The van der Waals surface area contributed by atoms with E-state index in [0.29, 0.717) is 17.3 Å². The van der Waals surface area contributed by atoms with Gasteiger partial charge in [0, 0.05) is 21.2 Å². The molecule has 17 heavy (non-hydrogen) atoms. The van der Waals surface area contributed by atoms with Crippen LogP contribution >= 0.6 is 31.9 Å². The number of nitrogens with two attached hydrogens (primary N) is 1. The number of ether oxygens (including phenoxy) is 1. The number of hydrogen-bond acceptors (Lipinski definition) is 3. The number of pyridine rings is 1. The summed E-state index contributed by atoms with van der Waals surface area (Å²) in [7, 11) is 0. The average Bonchev–Trinajstić information content (AvgIpc) is 2.26. The molecular formula is C12H10Br2N2O. The van der Waals surface area contributed by atoms with Crippen LogP contribution in [-0.2, 0) is 0 Å². The monoisotopic (exact) mass is 356 g/mol. The molecule has 2 N–H and O–H groups in total. The van der Waals surface area contributed by atoms with Crippen LogP contribution in [0.2, 0.25) is 0 Å². The van der Waals surface area contributed by atoms with E-state index in [0.717, 1.165) is 14.5 Å². The van der Waals surface area contributed by atoms with Crippen molar-refractivity contribution < 1.29 is 4.74 Å². The number of nitrogens with zero attached hydrogens (tertiary/aromatic N) is 1. The van der Waals surface area contributed by atoms with Gasteiger partial charge < -0.3 is 10.5 Å². The van der Waals surface area contributed by atoms with Crippen LogP contribution in [0, 0.1) is 6.92 Å². The Hall–Kier alpha value is -1.07. The van der Waals surface area contributed by atoms with Gasteiger partial charge in [-0.2, -0.15) is 0 Å². The molecule has 1 aromatic carbocycles. The summed E-state index contributed by atoms with van der Waals surface area (Å²) in [6.07, 6.45) is 1.68. The van der Waals surface area contributed by atoms with E-state index >= 15 is 0 Å². The van der Waals surface area contributed by atoms with Gasteiger partial charge in [-0.05, 0) is 46.6 Å². The van der Waals surface area contributed by atoms with Crippen LogP contribution in [0.3, 0.4) is 0 Å². The van der Waals surface area contributed by atoms with Crippen molar-refractivity contribution in [2.75, 3.05) is 5.73 Å². The van der Waals surface area contributed by atoms with Crippen molar-refractivity contribution >= 4 is 37.5 Å². The first-order valence-electron chi connectivity index (χ1n) is 4.91. The molecule has 88 valence electrons. The molecule has 0 saturated heterocycles. The molecule has 0 fully saturated rings. The van der Waals surface area contributed by atoms with Crippen LogP contribution in [-0.4, -0.2) is 4.98 Å². The third kappa shape index (κ3) is 2.98. The highest BCUT2D eigenvalue weighted by Crippen LogP contribution is 2.33. The number of aryl methyl sites for hydroxylation is 1. The van der Waals surface area contributed by atoms with Gasteiger partial charge in [0.05, 0.1) is 5.69 Å². The number of hydrogen-bond donors (Lipinski definition) is 1. The summed E-state index contributed by atoms with van der Waals surface area (Å²) in [6, 6.07) is 7.41. The van der Waals surface area contributed by atoms with Crippen molar-refractivity contribution in [2.45, 2.75) is 6.92 Å². The Balaban J connectivity index is 2.33. The second-order valence-corrected chi connectivity index (χ2v) is 5.39.